The number of rotatable bonds is 1. The predicted octanol–water partition coefficient (Wildman–Crippen LogP) is 7.54. The summed E-state index contributed by atoms with van der Waals surface area (Å²) in [6.07, 6.45) is 0. The second-order valence-electron chi connectivity index (χ2n) is 8.41. The summed E-state index contributed by atoms with van der Waals surface area (Å²) in [6.45, 7) is 24.6. The SMILES string of the molecule is C=C(C)C(=C)C.CC(C)(C)c1cc[cH-]c1.CC(C)(C)c1cc[cH-]c1.[Hf]. The summed E-state index contributed by atoms with van der Waals surface area (Å²) in [6, 6.07) is 17.0. The van der Waals surface area contributed by atoms with Gasteiger partial charge in [-0.15, -0.1) is 0 Å². The molecule has 0 amide bonds. The molecule has 0 saturated heterocycles. The van der Waals surface area contributed by atoms with Crippen molar-refractivity contribution < 1.29 is 25.8 Å². The molecule has 2 aromatic rings. The molecule has 25 heavy (non-hydrogen) atoms. The normalized spacial score (nSPS) is 10.4. The minimum Gasteiger partial charge on any atom is -0.210 e. The van der Waals surface area contributed by atoms with E-state index in [4.69, 9.17) is 0 Å². The molecule has 2 rings (SSSR count). The van der Waals surface area contributed by atoms with Crippen molar-refractivity contribution in [1.29, 1.82) is 0 Å². The second kappa shape index (κ2) is 11.6. The van der Waals surface area contributed by atoms with E-state index < -0.39 is 0 Å². The molecule has 0 aliphatic rings. The van der Waals surface area contributed by atoms with Gasteiger partial charge in [0.05, 0.1) is 0 Å². The van der Waals surface area contributed by atoms with E-state index in [0.717, 1.165) is 11.1 Å². The van der Waals surface area contributed by atoms with Gasteiger partial charge in [-0.1, -0.05) is 76.7 Å². The van der Waals surface area contributed by atoms with E-state index in [0.29, 0.717) is 10.8 Å². The molecule has 0 saturated carbocycles. The summed E-state index contributed by atoms with van der Waals surface area (Å²) in [5, 5.41) is 0. The van der Waals surface area contributed by atoms with Gasteiger partial charge in [-0.25, -0.2) is 12.1 Å². The van der Waals surface area contributed by atoms with E-state index in [2.05, 4.69) is 103 Å². The van der Waals surface area contributed by atoms with Crippen LogP contribution in [0.3, 0.4) is 0 Å². The number of allylic oxidation sites excluding steroid dienone is 2. The quantitative estimate of drug-likeness (QED) is 0.214. The molecule has 0 aliphatic carbocycles. The Balaban J connectivity index is 0. The zero-order chi connectivity index (χ0) is 19.0. The van der Waals surface area contributed by atoms with Gasteiger partial charge in [-0.3, -0.25) is 0 Å². The first-order valence-electron chi connectivity index (χ1n) is 8.61. The average molecular weight is 503 g/mol. The molecule has 138 valence electrons. The first kappa shape index (κ1) is 26.3. The summed E-state index contributed by atoms with van der Waals surface area (Å²) in [5.74, 6) is 0. The van der Waals surface area contributed by atoms with Gasteiger partial charge in [0, 0.05) is 25.8 Å². The van der Waals surface area contributed by atoms with Crippen LogP contribution >= 0.6 is 0 Å². The van der Waals surface area contributed by atoms with Gasteiger partial charge in [-0.05, 0) is 13.8 Å². The van der Waals surface area contributed by atoms with Crippen molar-refractivity contribution in [3.63, 3.8) is 0 Å². The zero-order valence-electron chi connectivity index (χ0n) is 17.5. The predicted molar refractivity (Wildman–Crippen MR) is 111 cm³/mol. The molecule has 0 nitrogen and oxygen atoms in total. The van der Waals surface area contributed by atoms with Crippen LogP contribution in [0, 0.1) is 0 Å². The van der Waals surface area contributed by atoms with Gasteiger partial charge in [0.1, 0.15) is 0 Å². The third-order valence-corrected chi connectivity index (χ3v) is 3.79. The van der Waals surface area contributed by atoms with Crippen molar-refractivity contribution in [1.82, 2.24) is 0 Å². The molecule has 0 radical (unpaired) electrons. The third kappa shape index (κ3) is 12.1. The maximum atomic E-state index is 3.66. The topological polar surface area (TPSA) is 0 Å². The van der Waals surface area contributed by atoms with Crippen LogP contribution in [-0.4, -0.2) is 0 Å². The Bertz CT molecular complexity index is 525. The summed E-state index contributed by atoms with van der Waals surface area (Å²) >= 11 is 0. The molecule has 0 heterocycles. The third-order valence-electron chi connectivity index (χ3n) is 3.79. The van der Waals surface area contributed by atoms with Crippen molar-refractivity contribution in [3.05, 3.63) is 84.0 Å². The smallest absolute Gasteiger partial charge is 0 e. The maximum absolute atomic E-state index is 3.66. The monoisotopic (exact) mass is 504 g/mol. The molecule has 0 bridgehead atoms. The van der Waals surface area contributed by atoms with Crippen LogP contribution in [0.5, 0.6) is 0 Å². The van der Waals surface area contributed by atoms with Gasteiger partial charge < -0.3 is 0 Å². The molecule has 0 atom stereocenters. The fourth-order valence-corrected chi connectivity index (χ4v) is 1.75. The number of hydrogen-bond acceptors (Lipinski definition) is 0. The minimum absolute atomic E-state index is 0. The summed E-state index contributed by atoms with van der Waals surface area (Å²) in [5.41, 5.74) is 5.61. The van der Waals surface area contributed by atoms with Crippen molar-refractivity contribution in [2.75, 3.05) is 0 Å². The fourth-order valence-electron chi connectivity index (χ4n) is 1.75. The van der Waals surface area contributed by atoms with E-state index in [1.54, 1.807) is 0 Å². The Morgan fingerprint density at radius 2 is 1.00 bits per heavy atom. The van der Waals surface area contributed by atoms with Gasteiger partial charge >= 0.3 is 0 Å². The van der Waals surface area contributed by atoms with Crippen molar-refractivity contribution in [3.8, 4) is 0 Å². The van der Waals surface area contributed by atoms with Gasteiger partial charge in [-0.2, -0.15) is 47.5 Å². The largest absolute Gasteiger partial charge is 0.210 e. The van der Waals surface area contributed by atoms with Crippen LogP contribution in [0.1, 0.15) is 66.5 Å². The van der Waals surface area contributed by atoms with Crippen LogP contribution in [0.25, 0.3) is 0 Å². The van der Waals surface area contributed by atoms with Crippen LogP contribution in [0.4, 0.5) is 0 Å². The molecular weight excluding hydrogens is 467 g/mol. The van der Waals surface area contributed by atoms with E-state index in [1.807, 2.05) is 13.8 Å². The Hall–Kier alpha value is -0.950. The van der Waals surface area contributed by atoms with Gasteiger partial charge in [0.25, 0.3) is 0 Å². The average Bonchev–Trinajstić information content (AvgIpc) is 3.12. The fraction of sp³-hybridized carbons (Fsp3) is 0.417. The minimum atomic E-state index is 0. The van der Waals surface area contributed by atoms with Crippen molar-refractivity contribution in [2.45, 2.75) is 66.2 Å². The molecular formula is C24H36Hf-2. The first-order chi connectivity index (χ1) is 10.9. The van der Waals surface area contributed by atoms with Gasteiger partial charge in [0.2, 0.25) is 0 Å². The molecule has 0 unspecified atom stereocenters. The van der Waals surface area contributed by atoms with E-state index >= 15 is 0 Å². The first-order valence-corrected chi connectivity index (χ1v) is 8.61. The summed E-state index contributed by atoms with van der Waals surface area (Å²) < 4.78 is 0. The van der Waals surface area contributed by atoms with Crippen molar-refractivity contribution >= 4 is 0 Å². The molecule has 0 fully saturated rings. The van der Waals surface area contributed by atoms with E-state index in [1.165, 1.54) is 11.1 Å². The molecule has 0 aromatic heterocycles. The van der Waals surface area contributed by atoms with E-state index in [9.17, 15) is 0 Å². The zero-order valence-corrected chi connectivity index (χ0v) is 21.1. The van der Waals surface area contributed by atoms with Crippen molar-refractivity contribution in [2.24, 2.45) is 0 Å². The standard InChI is InChI=1S/2C9H13.C6H10.Hf/c2*1-9(2,3)8-6-4-5-7-8;1-5(2)6(3)4;/h2*4-7H,1-3H3;1,3H2,2,4H3;/q2*-1;;. The Morgan fingerprint density at radius 1 is 0.720 bits per heavy atom. The Morgan fingerprint density at radius 3 is 1.08 bits per heavy atom. The van der Waals surface area contributed by atoms with E-state index in [-0.39, 0.29) is 25.8 Å². The number of hydrogen-bond donors (Lipinski definition) is 0. The Kier molecular flexibility index (Phi) is 12.2. The Labute approximate surface area is 175 Å². The maximum Gasteiger partial charge on any atom is 0 e. The summed E-state index contributed by atoms with van der Waals surface area (Å²) in [4.78, 5) is 0. The molecule has 0 spiro atoms. The molecule has 0 aliphatic heterocycles. The molecule has 2 aromatic carbocycles. The molecule has 1 heteroatoms. The second-order valence-corrected chi connectivity index (χ2v) is 8.41. The van der Waals surface area contributed by atoms with Crippen LogP contribution in [-0.2, 0) is 36.7 Å². The molecule has 0 N–H and O–H groups in total. The van der Waals surface area contributed by atoms with Crippen LogP contribution < -0.4 is 0 Å². The van der Waals surface area contributed by atoms with Crippen LogP contribution in [0.2, 0.25) is 0 Å². The van der Waals surface area contributed by atoms with Crippen LogP contribution in [0.15, 0.2) is 72.8 Å². The summed E-state index contributed by atoms with van der Waals surface area (Å²) in [7, 11) is 0. The van der Waals surface area contributed by atoms with Gasteiger partial charge in [0.15, 0.2) is 0 Å².